The van der Waals surface area contributed by atoms with Gasteiger partial charge in [-0.15, -0.1) is 10.2 Å². The number of hydrogen-bond donors (Lipinski definition) is 1. The second-order valence-corrected chi connectivity index (χ2v) is 8.61. The zero-order valence-corrected chi connectivity index (χ0v) is 20.2. The molecule has 0 bridgehead atoms. The Hall–Kier alpha value is -3.49. The van der Waals surface area contributed by atoms with Crippen LogP contribution in [0.4, 0.5) is 5.69 Å². The normalized spacial score (nSPS) is 11.6. The summed E-state index contributed by atoms with van der Waals surface area (Å²) in [6, 6.07) is 24.2. The molecule has 1 amide bonds. The number of rotatable bonds is 9. The molecule has 0 radical (unpaired) electrons. The van der Waals surface area contributed by atoms with Crippen molar-refractivity contribution in [2.75, 3.05) is 18.2 Å². The highest BCUT2D eigenvalue weighted by atomic mass is 35.5. The Kier molecular flexibility index (Phi) is 7.72. The van der Waals surface area contributed by atoms with Gasteiger partial charge in [0.05, 0.1) is 23.6 Å². The molecule has 1 aromatic heterocycles. The van der Waals surface area contributed by atoms with Crippen LogP contribution in [0.1, 0.15) is 18.9 Å². The lowest BCUT2D eigenvalue weighted by atomic mass is 10.3. The van der Waals surface area contributed by atoms with Gasteiger partial charge in [-0.25, -0.2) is 0 Å². The summed E-state index contributed by atoms with van der Waals surface area (Å²) in [6.07, 6.45) is -0.396. The van der Waals surface area contributed by atoms with E-state index >= 15 is 0 Å². The maximum atomic E-state index is 12.5. The van der Waals surface area contributed by atoms with E-state index in [1.54, 1.807) is 19.2 Å². The van der Waals surface area contributed by atoms with Crippen molar-refractivity contribution >= 4 is 35.0 Å². The Morgan fingerprint density at radius 3 is 2.38 bits per heavy atom. The van der Waals surface area contributed by atoms with E-state index in [1.807, 2.05) is 78.2 Å². The van der Waals surface area contributed by atoms with Gasteiger partial charge in [0.25, 0.3) is 0 Å². The van der Waals surface area contributed by atoms with Crippen LogP contribution in [-0.4, -0.2) is 33.5 Å². The third-order valence-corrected chi connectivity index (χ3v) is 6.15. The predicted molar refractivity (Wildman–Crippen MR) is 134 cm³/mol. The first kappa shape index (κ1) is 23.7. The molecule has 0 fully saturated rings. The van der Waals surface area contributed by atoms with Gasteiger partial charge >= 0.3 is 0 Å². The van der Waals surface area contributed by atoms with Crippen molar-refractivity contribution in [1.82, 2.24) is 14.8 Å². The molecule has 1 heterocycles. The van der Waals surface area contributed by atoms with Gasteiger partial charge in [-0.3, -0.25) is 9.36 Å². The van der Waals surface area contributed by atoms with Gasteiger partial charge in [-0.1, -0.05) is 53.7 Å². The predicted octanol–water partition coefficient (Wildman–Crippen LogP) is 5.80. The molecule has 7 nitrogen and oxygen atoms in total. The fourth-order valence-electron chi connectivity index (χ4n) is 3.25. The Morgan fingerprint density at radius 2 is 1.68 bits per heavy atom. The summed E-state index contributed by atoms with van der Waals surface area (Å²) in [5.74, 6) is 2.01. The maximum Gasteiger partial charge on any atom is 0.234 e. The molecule has 0 aliphatic carbocycles. The summed E-state index contributed by atoms with van der Waals surface area (Å²) >= 11 is 7.43. The van der Waals surface area contributed by atoms with Crippen LogP contribution >= 0.6 is 23.4 Å². The zero-order valence-electron chi connectivity index (χ0n) is 18.6. The van der Waals surface area contributed by atoms with E-state index in [2.05, 4.69) is 15.5 Å². The minimum Gasteiger partial charge on any atom is -0.497 e. The molecule has 3 aromatic carbocycles. The van der Waals surface area contributed by atoms with E-state index in [0.717, 1.165) is 11.4 Å². The van der Waals surface area contributed by atoms with E-state index in [9.17, 15) is 4.79 Å². The summed E-state index contributed by atoms with van der Waals surface area (Å²) in [6.45, 7) is 1.91. The average Bonchev–Trinajstić information content (AvgIpc) is 3.29. The average molecular weight is 495 g/mol. The lowest BCUT2D eigenvalue weighted by Gasteiger charge is -2.17. The van der Waals surface area contributed by atoms with Crippen LogP contribution in [0.3, 0.4) is 0 Å². The Morgan fingerprint density at radius 1 is 1.00 bits per heavy atom. The van der Waals surface area contributed by atoms with Gasteiger partial charge in [0, 0.05) is 5.69 Å². The number of nitrogens with zero attached hydrogens (tertiary/aromatic N) is 3. The third-order valence-electron chi connectivity index (χ3n) is 4.89. The molecular weight excluding hydrogens is 472 g/mol. The number of hydrogen-bond acceptors (Lipinski definition) is 6. The summed E-state index contributed by atoms with van der Waals surface area (Å²) in [7, 11) is 1.62. The monoisotopic (exact) mass is 494 g/mol. The van der Waals surface area contributed by atoms with Crippen LogP contribution < -0.4 is 14.8 Å². The quantitative estimate of drug-likeness (QED) is 0.296. The molecule has 9 heteroatoms. The summed E-state index contributed by atoms with van der Waals surface area (Å²) in [5, 5.41) is 12.6. The lowest BCUT2D eigenvalue weighted by Crippen LogP contribution is -2.15. The molecule has 34 heavy (non-hydrogen) atoms. The number of nitrogens with one attached hydrogen (secondary N) is 1. The van der Waals surface area contributed by atoms with Crippen molar-refractivity contribution < 1.29 is 14.3 Å². The Balaban J connectivity index is 1.53. The molecule has 0 aliphatic heterocycles. The van der Waals surface area contributed by atoms with Crippen molar-refractivity contribution in [2.45, 2.75) is 18.2 Å². The van der Waals surface area contributed by atoms with Crippen LogP contribution in [0.25, 0.3) is 5.69 Å². The van der Waals surface area contributed by atoms with E-state index < -0.39 is 6.10 Å². The van der Waals surface area contributed by atoms with Gasteiger partial charge < -0.3 is 14.8 Å². The smallest absolute Gasteiger partial charge is 0.234 e. The van der Waals surface area contributed by atoms with Crippen LogP contribution in [0, 0.1) is 0 Å². The standard InChI is InChI=1S/C25H23ClN4O3S/c1-17(33-20-14-12-19(32-2)13-15-20)24-28-29-25(30(24)18-8-4-3-5-9-18)34-16-23(31)27-22-11-7-6-10-21(22)26/h3-15,17H,16H2,1-2H3,(H,27,31). The lowest BCUT2D eigenvalue weighted by molar-refractivity contribution is -0.113. The molecule has 1 unspecified atom stereocenters. The first-order valence-electron chi connectivity index (χ1n) is 10.5. The van der Waals surface area contributed by atoms with Crippen molar-refractivity contribution in [3.8, 4) is 17.2 Å². The molecule has 0 spiro atoms. The number of carbonyl (C=O) groups excluding carboxylic acids is 1. The first-order valence-corrected chi connectivity index (χ1v) is 11.9. The van der Waals surface area contributed by atoms with Gasteiger partial charge in [0.1, 0.15) is 11.5 Å². The SMILES string of the molecule is COc1ccc(OC(C)c2nnc(SCC(=O)Nc3ccccc3Cl)n2-c2ccccc2)cc1. The van der Waals surface area contributed by atoms with Crippen LogP contribution in [-0.2, 0) is 4.79 Å². The van der Waals surface area contributed by atoms with Crippen molar-refractivity contribution in [3.05, 3.63) is 89.7 Å². The molecule has 174 valence electrons. The second-order valence-electron chi connectivity index (χ2n) is 7.26. The largest absolute Gasteiger partial charge is 0.497 e. The van der Waals surface area contributed by atoms with E-state index in [4.69, 9.17) is 21.1 Å². The molecule has 0 saturated heterocycles. The number of amides is 1. The molecule has 0 saturated carbocycles. The Bertz CT molecular complexity index is 1250. The van der Waals surface area contributed by atoms with Crippen molar-refractivity contribution in [2.24, 2.45) is 0 Å². The van der Waals surface area contributed by atoms with Gasteiger partial charge in [0.15, 0.2) is 17.1 Å². The van der Waals surface area contributed by atoms with Crippen LogP contribution in [0.5, 0.6) is 11.5 Å². The Labute approximate surface area is 207 Å². The number of anilines is 1. The van der Waals surface area contributed by atoms with Crippen LogP contribution in [0.15, 0.2) is 84.0 Å². The number of carbonyl (C=O) groups is 1. The molecule has 1 N–H and O–H groups in total. The topological polar surface area (TPSA) is 78.3 Å². The zero-order chi connectivity index (χ0) is 23.9. The highest BCUT2D eigenvalue weighted by Crippen LogP contribution is 2.29. The van der Waals surface area contributed by atoms with Gasteiger partial charge in [-0.2, -0.15) is 0 Å². The molecule has 4 rings (SSSR count). The van der Waals surface area contributed by atoms with E-state index in [-0.39, 0.29) is 11.7 Å². The fraction of sp³-hybridized carbons (Fsp3) is 0.160. The molecule has 1 atom stereocenters. The maximum absolute atomic E-state index is 12.5. The number of para-hydroxylation sites is 2. The fourth-order valence-corrected chi connectivity index (χ4v) is 4.19. The van der Waals surface area contributed by atoms with Crippen molar-refractivity contribution in [1.29, 1.82) is 0 Å². The minimum absolute atomic E-state index is 0.143. The van der Waals surface area contributed by atoms with E-state index in [1.165, 1.54) is 11.8 Å². The molecule has 4 aromatic rings. The number of benzene rings is 3. The minimum atomic E-state index is -0.396. The van der Waals surface area contributed by atoms with Crippen LogP contribution in [0.2, 0.25) is 5.02 Å². The van der Waals surface area contributed by atoms with Crippen molar-refractivity contribution in [3.63, 3.8) is 0 Å². The number of thioether (sulfide) groups is 1. The van der Waals surface area contributed by atoms with Gasteiger partial charge in [0.2, 0.25) is 5.91 Å². The van der Waals surface area contributed by atoms with Gasteiger partial charge in [-0.05, 0) is 55.5 Å². The van der Waals surface area contributed by atoms with E-state index in [0.29, 0.717) is 27.4 Å². The number of methoxy groups -OCH3 is 1. The number of aromatic nitrogens is 3. The highest BCUT2D eigenvalue weighted by Gasteiger charge is 2.22. The summed E-state index contributed by atoms with van der Waals surface area (Å²) < 4.78 is 13.2. The first-order chi connectivity index (χ1) is 16.5. The summed E-state index contributed by atoms with van der Waals surface area (Å²) in [5.41, 5.74) is 1.45. The highest BCUT2D eigenvalue weighted by molar-refractivity contribution is 7.99. The second kappa shape index (κ2) is 11.1. The number of ether oxygens (including phenoxy) is 2. The summed E-state index contributed by atoms with van der Waals surface area (Å²) in [4.78, 5) is 12.5. The number of halogens is 1. The molecule has 0 aliphatic rings. The molecular formula is C25H23ClN4O3S. The third kappa shape index (κ3) is 5.70.